The summed E-state index contributed by atoms with van der Waals surface area (Å²) in [5.41, 5.74) is 0.0983. The summed E-state index contributed by atoms with van der Waals surface area (Å²) in [5, 5.41) is 15.9. The summed E-state index contributed by atoms with van der Waals surface area (Å²) in [6, 6.07) is 3.31. The van der Waals surface area contributed by atoms with Gasteiger partial charge >= 0.3 is 6.03 Å². The van der Waals surface area contributed by atoms with E-state index in [2.05, 4.69) is 15.6 Å². The molecule has 2 amide bonds. The third-order valence-corrected chi connectivity index (χ3v) is 3.56. The van der Waals surface area contributed by atoms with Crippen molar-refractivity contribution in [2.75, 3.05) is 13.1 Å². The van der Waals surface area contributed by atoms with E-state index in [4.69, 9.17) is 11.6 Å². The normalized spacial score (nSPS) is 13.9. The number of amides is 2. The van der Waals surface area contributed by atoms with Crippen molar-refractivity contribution in [2.45, 2.75) is 32.8 Å². The standard InChI is InChI=1S/C14H22ClN3O2/c1-10(2)14(3,20)9-18-13(19)16-7-6-11-4-5-12(15)17-8-11/h4-5,8,10,20H,6-7,9H2,1-3H3,(H2,16,18,19). The van der Waals surface area contributed by atoms with Crippen LogP contribution in [-0.4, -0.2) is 34.8 Å². The molecule has 20 heavy (non-hydrogen) atoms. The smallest absolute Gasteiger partial charge is 0.314 e. The van der Waals surface area contributed by atoms with Crippen LogP contribution in [0.5, 0.6) is 0 Å². The molecule has 1 unspecified atom stereocenters. The first-order valence-corrected chi connectivity index (χ1v) is 7.03. The van der Waals surface area contributed by atoms with Crippen molar-refractivity contribution in [2.24, 2.45) is 5.92 Å². The van der Waals surface area contributed by atoms with Crippen LogP contribution < -0.4 is 10.6 Å². The number of nitrogens with one attached hydrogen (secondary N) is 2. The van der Waals surface area contributed by atoms with Gasteiger partial charge in [-0.2, -0.15) is 0 Å². The van der Waals surface area contributed by atoms with Crippen LogP contribution in [-0.2, 0) is 6.42 Å². The zero-order valence-corrected chi connectivity index (χ0v) is 12.9. The van der Waals surface area contributed by atoms with Crippen molar-refractivity contribution in [1.82, 2.24) is 15.6 Å². The van der Waals surface area contributed by atoms with Gasteiger partial charge in [0.1, 0.15) is 5.15 Å². The van der Waals surface area contributed by atoms with Crippen molar-refractivity contribution in [3.8, 4) is 0 Å². The predicted octanol–water partition coefficient (Wildman–Crippen LogP) is 1.98. The Morgan fingerprint density at radius 1 is 1.45 bits per heavy atom. The first-order valence-electron chi connectivity index (χ1n) is 6.66. The Balaban J connectivity index is 2.25. The Morgan fingerprint density at radius 3 is 2.70 bits per heavy atom. The number of rotatable bonds is 6. The van der Waals surface area contributed by atoms with E-state index in [1.54, 1.807) is 19.2 Å². The van der Waals surface area contributed by atoms with Gasteiger partial charge in [0.2, 0.25) is 0 Å². The zero-order chi connectivity index (χ0) is 15.2. The maximum Gasteiger partial charge on any atom is 0.314 e. The highest BCUT2D eigenvalue weighted by molar-refractivity contribution is 6.29. The summed E-state index contributed by atoms with van der Waals surface area (Å²) in [6.45, 7) is 6.25. The van der Waals surface area contributed by atoms with E-state index >= 15 is 0 Å². The van der Waals surface area contributed by atoms with Gasteiger partial charge in [0.05, 0.1) is 5.60 Å². The van der Waals surface area contributed by atoms with Crippen molar-refractivity contribution >= 4 is 17.6 Å². The molecule has 1 heterocycles. The highest BCUT2D eigenvalue weighted by Gasteiger charge is 2.25. The van der Waals surface area contributed by atoms with Crippen LogP contribution in [0.15, 0.2) is 18.3 Å². The second kappa shape index (κ2) is 7.45. The summed E-state index contributed by atoms with van der Waals surface area (Å²) in [4.78, 5) is 15.6. The lowest BCUT2D eigenvalue weighted by Gasteiger charge is -2.27. The minimum atomic E-state index is -0.905. The fourth-order valence-electron chi connectivity index (χ4n) is 1.40. The number of aliphatic hydroxyl groups is 1. The quantitative estimate of drug-likeness (QED) is 0.703. The van der Waals surface area contributed by atoms with E-state index in [0.29, 0.717) is 18.1 Å². The van der Waals surface area contributed by atoms with Crippen molar-refractivity contribution < 1.29 is 9.90 Å². The maximum atomic E-state index is 11.6. The van der Waals surface area contributed by atoms with Gasteiger partial charge in [0.25, 0.3) is 0 Å². The Labute approximate surface area is 124 Å². The fourth-order valence-corrected chi connectivity index (χ4v) is 1.51. The first kappa shape index (κ1) is 16.7. The van der Waals surface area contributed by atoms with Crippen LogP contribution in [0.4, 0.5) is 4.79 Å². The molecule has 1 aromatic rings. The Kier molecular flexibility index (Phi) is 6.23. The average Bonchev–Trinajstić information content (AvgIpc) is 2.39. The molecule has 3 N–H and O–H groups in total. The average molecular weight is 300 g/mol. The number of nitrogens with zero attached hydrogens (tertiary/aromatic N) is 1. The predicted molar refractivity (Wildman–Crippen MR) is 79.8 cm³/mol. The van der Waals surface area contributed by atoms with Gasteiger partial charge in [-0.3, -0.25) is 0 Å². The van der Waals surface area contributed by atoms with Gasteiger partial charge in [-0.25, -0.2) is 9.78 Å². The zero-order valence-electron chi connectivity index (χ0n) is 12.1. The molecule has 1 aromatic heterocycles. The fraction of sp³-hybridized carbons (Fsp3) is 0.571. The largest absolute Gasteiger partial charge is 0.388 e. The molecule has 1 atom stereocenters. The maximum absolute atomic E-state index is 11.6. The Bertz CT molecular complexity index is 433. The van der Waals surface area contributed by atoms with Crippen molar-refractivity contribution in [3.63, 3.8) is 0 Å². The number of halogens is 1. The second-order valence-electron chi connectivity index (χ2n) is 5.36. The molecule has 0 radical (unpaired) electrons. The first-order chi connectivity index (χ1) is 9.31. The van der Waals surface area contributed by atoms with E-state index in [1.165, 1.54) is 0 Å². The van der Waals surface area contributed by atoms with Crippen molar-refractivity contribution in [1.29, 1.82) is 0 Å². The lowest BCUT2D eigenvalue weighted by molar-refractivity contribution is 0.0166. The van der Waals surface area contributed by atoms with E-state index in [9.17, 15) is 9.90 Å². The molecule has 112 valence electrons. The lowest BCUT2D eigenvalue weighted by Crippen LogP contribution is -2.47. The van der Waals surface area contributed by atoms with Gasteiger partial charge in [-0.15, -0.1) is 0 Å². The SMILES string of the molecule is CC(C)C(C)(O)CNC(=O)NCCc1ccc(Cl)nc1. The molecular formula is C14H22ClN3O2. The summed E-state index contributed by atoms with van der Waals surface area (Å²) in [5.74, 6) is 0.0722. The summed E-state index contributed by atoms with van der Waals surface area (Å²) in [7, 11) is 0. The molecule has 0 bridgehead atoms. The third-order valence-electron chi connectivity index (χ3n) is 3.34. The molecule has 0 saturated heterocycles. The Hall–Kier alpha value is -1.33. The molecule has 0 aromatic carbocycles. The Morgan fingerprint density at radius 2 is 2.15 bits per heavy atom. The highest BCUT2D eigenvalue weighted by Crippen LogP contribution is 2.14. The molecule has 5 nitrogen and oxygen atoms in total. The van der Waals surface area contributed by atoms with Gasteiger partial charge in [0.15, 0.2) is 0 Å². The number of hydrogen-bond acceptors (Lipinski definition) is 3. The summed E-state index contributed by atoms with van der Waals surface area (Å²) < 4.78 is 0. The number of hydrogen-bond donors (Lipinski definition) is 3. The third kappa shape index (κ3) is 5.75. The van der Waals surface area contributed by atoms with Crippen LogP contribution in [0.2, 0.25) is 5.15 Å². The minimum Gasteiger partial charge on any atom is -0.388 e. The number of aromatic nitrogens is 1. The van der Waals surface area contributed by atoms with Crippen LogP contribution in [0.1, 0.15) is 26.3 Å². The van der Waals surface area contributed by atoms with E-state index in [1.807, 2.05) is 19.9 Å². The number of carbonyl (C=O) groups is 1. The molecule has 0 fully saturated rings. The van der Waals surface area contributed by atoms with Gasteiger partial charge in [-0.05, 0) is 30.9 Å². The van der Waals surface area contributed by atoms with Crippen LogP contribution >= 0.6 is 11.6 Å². The minimum absolute atomic E-state index is 0.0722. The van der Waals surface area contributed by atoms with Crippen LogP contribution in [0.3, 0.4) is 0 Å². The molecule has 1 rings (SSSR count). The molecule has 6 heteroatoms. The van der Waals surface area contributed by atoms with Gasteiger partial charge in [0, 0.05) is 19.3 Å². The van der Waals surface area contributed by atoms with Gasteiger partial charge in [-0.1, -0.05) is 31.5 Å². The summed E-state index contributed by atoms with van der Waals surface area (Å²) in [6.07, 6.45) is 2.36. The number of carbonyl (C=O) groups excluding carboxylic acids is 1. The van der Waals surface area contributed by atoms with Crippen molar-refractivity contribution in [3.05, 3.63) is 29.0 Å². The van der Waals surface area contributed by atoms with E-state index < -0.39 is 5.60 Å². The molecule has 0 aliphatic rings. The molecule has 0 saturated carbocycles. The number of pyridine rings is 1. The lowest BCUT2D eigenvalue weighted by atomic mass is 9.93. The molecule has 0 aliphatic carbocycles. The highest BCUT2D eigenvalue weighted by atomic mass is 35.5. The molecular weight excluding hydrogens is 278 g/mol. The topological polar surface area (TPSA) is 74.2 Å². The van der Waals surface area contributed by atoms with Crippen LogP contribution in [0.25, 0.3) is 0 Å². The monoisotopic (exact) mass is 299 g/mol. The van der Waals surface area contributed by atoms with Gasteiger partial charge < -0.3 is 15.7 Å². The second-order valence-corrected chi connectivity index (χ2v) is 5.75. The van der Waals surface area contributed by atoms with E-state index in [-0.39, 0.29) is 18.5 Å². The number of urea groups is 1. The van der Waals surface area contributed by atoms with E-state index in [0.717, 1.165) is 5.56 Å². The molecule has 0 spiro atoms. The molecule has 0 aliphatic heterocycles. The van der Waals surface area contributed by atoms with Crippen LogP contribution in [0, 0.1) is 5.92 Å². The summed E-state index contributed by atoms with van der Waals surface area (Å²) >= 11 is 5.69.